The zero-order valence-corrected chi connectivity index (χ0v) is 12.6. The molecule has 0 aliphatic heterocycles. The Labute approximate surface area is 130 Å². The highest BCUT2D eigenvalue weighted by Gasteiger charge is 2.06. The lowest BCUT2D eigenvalue weighted by molar-refractivity contribution is -0.137. The molecule has 114 valence electrons. The van der Waals surface area contributed by atoms with E-state index >= 15 is 0 Å². The van der Waals surface area contributed by atoms with Crippen molar-refractivity contribution in [1.29, 1.82) is 0 Å². The molecule has 3 heteroatoms. The molecule has 0 fully saturated rings. The quantitative estimate of drug-likeness (QED) is 0.583. The first-order valence-corrected chi connectivity index (χ1v) is 7.36. The van der Waals surface area contributed by atoms with Gasteiger partial charge in [-0.1, -0.05) is 42.5 Å². The Hall–Kier alpha value is -2.42. The van der Waals surface area contributed by atoms with Gasteiger partial charge in [-0.25, -0.2) is 9.18 Å². The highest BCUT2D eigenvalue weighted by atomic mass is 19.1. The first-order valence-electron chi connectivity index (χ1n) is 7.36. The van der Waals surface area contributed by atoms with Gasteiger partial charge in [0.25, 0.3) is 0 Å². The van der Waals surface area contributed by atoms with E-state index in [0.29, 0.717) is 13.0 Å². The number of hydrogen-bond donors (Lipinski definition) is 0. The summed E-state index contributed by atoms with van der Waals surface area (Å²) in [5, 5.41) is 0. The molecule has 0 aliphatic carbocycles. The zero-order chi connectivity index (χ0) is 15.8. The average molecular weight is 298 g/mol. The summed E-state index contributed by atoms with van der Waals surface area (Å²) < 4.78 is 17.9. The second kappa shape index (κ2) is 8.13. The van der Waals surface area contributed by atoms with E-state index in [1.165, 1.54) is 12.1 Å². The Bertz CT molecular complexity index is 630. The van der Waals surface area contributed by atoms with Gasteiger partial charge in [0.15, 0.2) is 0 Å². The molecule has 0 atom stereocenters. The van der Waals surface area contributed by atoms with Crippen molar-refractivity contribution < 1.29 is 13.9 Å². The van der Waals surface area contributed by atoms with E-state index in [9.17, 15) is 9.18 Å². The van der Waals surface area contributed by atoms with Crippen LogP contribution in [0.4, 0.5) is 4.39 Å². The Morgan fingerprint density at radius 3 is 2.41 bits per heavy atom. The highest BCUT2D eigenvalue weighted by Crippen LogP contribution is 2.21. The van der Waals surface area contributed by atoms with Crippen molar-refractivity contribution in [2.75, 3.05) is 6.61 Å². The smallest absolute Gasteiger partial charge is 0.331 e. The second-order valence-corrected chi connectivity index (χ2v) is 4.91. The molecule has 2 aromatic carbocycles. The van der Waals surface area contributed by atoms with E-state index in [4.69, 9.17) is 4.74 Å². The predicted octanol–water partition coefficient (Wildman–Crippen LogP) is 4.41. The lowest BCUT2D eigenvalue weighted by Crippen LogP contribution is -2.02. The predicted molar refractivity (Wildman–Crippen MR) is 85.8 cm³/mol. The van der Waals surface area contributed by atoms with Crippen molar-refractivity contribution in [3.05, 3.63) is 77.6 Å². The molecule has 0 radical (unpaired) electrons. The number of rotatable bonds is 6. The molecule has 0 saturated carbocycles. The van der Waals surface area contributed by atoms with Crippen LogP contribution in [0.2, 0.25) is 0 Å². The van der Waals surface area contributed by atoms with E-state index in [-0.39, 0.29) is 11.8 Å². The van der Waals surface area contributed by atoms with E-state index in [0.717, 1.165) is 23.1 Å². The van der Waals surface area contributed by atoms with Crippen LogP contribution in [0.3, 0.4) is 0 Å². The van der Waals surface area contributed by atoms with Gasteiger partial charge in [0.05, 0.1) is 6.61 Å². The summed E-state index contributed by atoms with van der Waals surface area (Å²) >= 11 is 0. The number of carbonyl (C=O) groups excluding carboxylic acids is 1. The number of ether oxygens (including phenoxy) is 1. The van der Waals surface area contributed by atoms with Crippen molar-refractivity contribution in [1.82, 2.24) is 0 Å². The summed E-state index contributed by atoms with van der Waals surface area (Å²) in [6.45, 7) is 2.14. The minimum absolute atomic E-state index is 0.242. The Morgan fingerprint density at radius 2 is 1.77 bits per heavy atom. The van der Waals surface area contributed by atoms with Gasteiger partial charge in [-0.05, 0) is 48.6 Å². The SMILES string of the molecule is CCOC(=O)C=C(CCc1ccc(F)cc1)c1ccccc1. The summed E-state index contributed by atoms with van der Waals surface area (Å²) in [7, 11) is 0. The number of aryl methyl sites for hydroxylation is 1. The Balaban J connectivity index is 2.14. The topological polar surface area (TPSA) is 26.3 Å². The van der Waals surface area contributed by atoms with Gasteiger partial charge < -0.3 is 4.74 Å². The Morgan fingerprint density at radius 1 is 1.09 bits per heavy atom. The molecule has 0 aliphatic rings. The van der Waals surface area contributed by atoms with Crippen molar-refractivity contribution in [2.24, 2.45) is 0 Å². The normalized spacial score (nSPS) is 11.3. The van der Waals surface area contributed by atoms with Gasteiger partial charge in [-0.3, -0.25) is 0 Å². The highest BCUT2D eigenvalue weighted by molar-refractivity contribution is 5.91. The van der Waals surface area contributed by atoms with Gasteiger partial charge in [-0.2, -0.15) is 0 Å². The monoisotopic (exact) mass is 298 g/mol. The molecule has 2 rings (SSSR count). The number of esters is 1. The molecule has 22 heavy (non-hydrogen) atoms. The number of halogens is 1. The number of carbonyl (C=O) groups is 1. The fourth-order valence-electron chi connectivity index (χ4n) is 2.21. The van der Waals surface area contributed by atoms with Crippen LogP contribution in [-0.2, 0) is 16.0 Å². The van der Waals surface area contributed by atoms with Crippen LogP contribution in [0.1, 0.15) is 24.5 Å². The van der Waals surface area contributed by atoms with Crippen LogP contribution in [0.15, 0.2) is 60.7 Å². The van der Waals surface area contributed by atoms with Gasteiger partial charge in [-0.15, -0.1) is 0 Å². The fraction of sp³-hybridized carbons (Fsp3) is 0.211. The lowest BCUT2D eigenvalue weighted by Gasteiger charge is -2.08. The van der Waals surface area contributed by atoms with Crippen molar-refractivity contribution in [2.45, 2.75) is 19.8 Å². The first-order chi connectivity index (χ1) is 10.7. The lowest BCUT2D eigenvalue weighted by atomic mass is 9.98. The van der Waals surface area contributed by atoms with Crippen LogP contribution in [0.5, 0.6) is 0 Å². The maximum atomic E-state index is 12.9. The van der Waals surface area contributed by atoms with Crippen LogP contribution in [0, 0.1) is 5.82 Å². The third kappa shape index (κ3) is 4.85. The maximum Gasteiger partial charge on any atom is 0.331 e. The standard InChI is InChI=1S/C19H19FO2/c1-2-22-19(21)14-17(16-6-4-3-5-7-16)11-8-15-9-12-18(20)13-10-15/h3-7,9-10,12-14H,2,8,11H2,1H3. The van der Waals surface area contributed by atoms with E-state index < -0.39 is 0 Å². The number of hydrogen-bond acceptors (Lipinski definition) is 2. The second-order valence-electron chi connectivity index (χ2n) is 4.91. The van der Waals surface area contributed by atoms with Crippen LogP contribution < -0.4 is 0 Å². The van der Waals surface area contributed by atoms with Crippen molar-refractivity contribution in [3.8, 4) is 0 Å². The summed E-state index contributed by atoms with van der Waals surface area (Å²) in [4.78, 5) is 11.7. The van der Waals surface area contributed by atoms with E-state index in [1.807, 2.05) is 30.3 Å². The third-order valence-electron chi connectivity index (χ3n) is 3.32. The molecule has 0 unspecified atom stereocenters. The minimum atomic E-state index is -0.333. The van der Waals surface area contributed by atoms with E-state index in [2.05, 4.69) is 0 Å². The molecule has 0 N–H and O–H groups in total. The van der Waals surface area contributed by atoms with Crippen LogP contribution >= 0.6 is 0 Å². The van der Waals surface area contributed by atoms with Gasteiger partial charge >= 0.3 is 5.97 Å². The molecule has 2 aromatic rings. The maximum absolute atomic E-state index is 12.9. The molecule has 0 saturated heterocycles. The van der Waals surface area contributed by atoms with Gasteiger partial charge in [0.2, 0.25) is 0 Å². The third-order valence-corrected chi connectivity index (χ3v) is 3.32. The van der Waals surface area contributed by atoms with Crippen LogP contribution in [0.25, 0.3) is 5.57 Å². The Kier molecular flexibility index (Phi) is 5.90. The molecule has 0 amide bonds. The summed E-state index contributed by atoms with van der Waals surface area (Å²) in [6.07, 6.45) is 2.97. The number of allylic oxidation sites excluding steroid dienone is 1. The molecule has 0 aromatic heterocycles. The molecule has 0 bridgehead atoms. The largest absolute Gasteiger partial charge is 0.463 e. The molecular formula is C19H19FO2. The van der Waals surface area contributed by atoms with Crippen LogP contribution in [-0.4, -0.2) is 12.6 Å². The van der Waals surface area contributed by atoms with Crippen molar-refractivity contribution in [3.63, 3.8) is 0 Å². The molecule has 2 nitrogen and oxygen atoms in total. The summed E-state index contributed by atoms with van der Waals surface area (Å²) in [5.74, 6) is -0.574. The van der Waals surface area contributed by atoms with Gasteiger partial charge in [0.1, 0.15) is 5.82 Å². The fourth-order valence-corrected chi connectivity index (χ4v) is 2.21. The van der Waals surface area contributed by atoms with Crippen molar-refractivity contribution >= 4 is 11.5 Å². The molecule has 0 heterocycles. The molecular weight excluding hydrogens is 279 g/mol. The first kappa shape index (κ1) is 16.0. The average Bonchev–Trinajstić information content (AvgIpc) is 2.54. The minimum Gasteiger partial charge on any atom is -0.463 e. The summed E-state index contributed by atoms with van der Waals surface area (Å²) in [6, 6.07) is 16.2. The van der Waals surface area contributed by atoms with Gasteiger partial charge in [0, 0.05) is 6.08 Å². The number of benzene rings is 2. The molecule has 0 spiro atoms. The summed E-state index contributed by atoms with van der Waals surface area (Å²) in [5.41, 5.74) is 2.95. The van der Waals surface area contributed by atoms with E-state index in [1.54, 1.807) is 25.1 Å². The zero-order valence-electron chi connectivity index (χ0n) is 12.6.